The van der Waals surface area contributed by atoms with Gasteiger partial charge in [0.15, 0.2) is 6.61 Å². The van der Waals surface area contributed by atoms with E-state index in [1.165, 1.54) is 0 Å². The number of aromatic nitrogens is 2. The van der Waals surface area contributed by atoms with E-state index in [0.717, 1.165) is 17.8 Å². The van der Waals surface area contributed by atoms with Gasteiger partial charge in [0, 0.05) is 29.6 Å². The summed E-state index contributed by atoms with van der Waals surface area (Å²) >= 11 is 5.80. The fourth-order valence-corrected chi connectivity index (χ4v) is 2.29. The lowest BCUT2D eigenvalue weighted by Crippen LogP contribution is -2.20. The van der Waals surface area contributed by atoms with Gasteiger partial charge in [-0.2, -0.15) is 0 Å². The molecule has 0 bridgehead atoms. The molecule has 122 valence electrons. The number of hydrogen-bond acceptors (Lipinski definition) is 3. The molecule has 0 aliphatic rings. The van der Waals surface area contributed by atoms with E-state index >= 15 is 0 Å². The highest BCUT2D eigenvalue weighted by atomic mass is 35.5. The largest absolute Gasteiger partial charge is 0.484 e. The van der Waals surface area contributed by atoms with Crippen molar-refractivity contribution in [2.45, 2.75) is 6.54 Å². The third-order valence-electron chi connectivity index (χ3n) is 3.35. The molecule has 0 aliphatic heterocycles. The van der Waals surface area contributed by atoms with Crippen LogP contribution >= 0.6 is 11.6 Å². The summed E-state index contributed by atoms with van der Waals surface area (Å²) in [4.78, 5) is 15.9. The Morgan fingerprint density at radius 1 is 1.12 bits per heavy atom. The van der Waals surface area contributed by atoms with Gasteiger partial charge in [0.2, 0.25) is 0 Å². The van der Waals surface area contributed by atoms with Gasteiger partial charge in [-0.25, -0.2) is 4.98 Å². The molecule has 0 spiro atoms. The number of hydrogen-bond donors (Lipinski definition) is 1. The average molecular weight is 342 g/mol. The van der Waals surface area contributed by atoms with E-state index in [1.807, 2.05) is 35.0 Å². The van der Waals surface area contributed by atoms with E-state index < -0.39 is 0 Å². The van der Waals surface area contributed by atoms with Gasteiger partial charge < -0.3 is 14.6 Å². The van der Waals surface area contributed by atoms with Crippen LogP contribution in [0.5, 0.6) is 5.75 Å². The number of benzene rings is 2. The van der Waals surface area contributed by atoms with Gasteiger partial charge in [-0.05, 0) is 42.0 Å². The van der Waals surface area contributed by atoms with Crippen LogP contribution in [0.15, 0.2) is 67.3 Å². The molecule has 0 radical (unpaired) electrons. The van der Waals surface area contributed by atoms with Crippen LogP contribution in [0, 0.1) is 0 Å². The lowest BCUT2D eigenvalue weighted by molar-refractivity contribution is -0.118. The molecule has 1 N–H and O–H groups in total. The molecule has 0 aliphatic carbocycles. The highest BCUT2D eigenvalue weighted by Crippen LogP contribution is 2.15. The normalized spacial score (nSPS) is 10.4. The van der Waals surface area contributed by atoms with Gasteiger partial charge in [0.25, 0.3) is 5.91 Å². The molecule has 2 aromatic carbocycles. The van der Waals surface area contributed by atoms with Crippen LogP contribution in [0.3, 0.4) is 0 Å². The molecule has 3 rings (SSSR count). The molecule has 24 heavy (non-hydrogen) atoms. The minimum Gasteiger partial charge on any atom is -0.484 e. The summed E-state index contributed by atoms with van der Waals surface area (Å²) < 4.78 is 7.39. The van der Waals surface area contributed by atoms with E-state index in [4.69, 9.17) is 16.3 Å². The predicted octanol–water partition coefficient (Wildman–Crippen LogP) is 3.60. The number of imidazole rings is 1. The van der Waals surface area contributed by atoms with E-state index in [0.29, 0.717) is 10.8 Å². The molecule has 5 nitrogen and oxygen atoms in total. The smallest absolute Gasteiger partial charge is 0.262 e. The molecule has 0 fully saturated rings. The molecule has 6 heteroatoms. The molecular weight excluding hydrogens is 326 g/mol. The van der Waals surface area contributed by atoms with Gasteiger partial charge in [-0.1, -0.05) is 23.7 Å². The van der Waals surface area contributed by atoms with Crippen molar-refractivity contribution in [2.24, 2.45) is 0 Å². The minimum atomic E-state index is -0.215. The first-order valence-electron chi connectivity index (χ1n) is 7.42. The van der Waals surface area contributed by atoms with Gasteiger partial charge >= 0.3 is 0 Å². The molecule has 1 amide bonds. The Kier molecular flexibility index (Phi) is 5.13. The molecule has 0 unspecified atom stereocenters. The van der Waals surface area contributed by atoms with Gasteiger partial charge in [0.1, 0.15) is 5.75 Å². The summed E-state index contributed by atoms with van der Waals surface area (Å²) in [6.45, 7) is 0.687. The molecule has 0 saturated heterocycles. The van der Waals surface area contributed by atoms with Crippen LogP contribution in [-0.4, -0.2) is 22.1 Å². The highest BCUT2D eigenvalue weighted by Gasteiger charge is 2.04. The lowest BCUT2D eigenvalue weighted by Gasteiger charge is -2.08. The van der Waals surface area contributed by atoms with E-state index in [2.05, 4.69) is 10.3 Å². The zero-order chi connectivity index (χ0) is 16.8. The first kappa shape index (κ1) is 16.1. The van der Waals surface area contributed by atoms with Crippen LogP contribution in [0.4, 0.5) is 5.69 Å². The van der Waals surface area contributed by atoms with Gasteiger partial charge in [0.05, 0.1) is 6.33 Å². The molecule has 0 saturated carbocycles. The van der Waals surface area contributed by atoms with Crippen LogP contribution in [-0.2, 0) is 11.3 Å². The number of nitrogens with zero attached hydrogens (tertiary/aromatic N) is 2. The second-order valence-corrected chi connectivity index (χ2v) is 5.66. The number of carbonyl (C=O) groups excluding carboxylic acids is 1. The maximum absolute atomic E-state index is 11.9. The second-order valence-electron chi connectivity index (χ2n) is 5.22. The molecule has 3 aromatic rings. The molecular formula is C18H16ClN3O2. The van der Waals surface area contributed by atoms with Crippen molar-refractivity contribution in [3.05, 3.63) is 77.8 Å². The predicted molar refractivity (Wildman–Crippen MR) is 93.3 cm³/mol. The number of nitrogens with one attached hydrogen (secondary N) is 1. The minimum absolute atomic E-state index is 0.0571. The SMILES string of the molecule is O=C(COc1ccc(Cl)cc1)Nc1ccc(Cn2ccnc2)cc1. The highest BCUT2D eigenvalue weighted by molar-refractivity contribution is 6.30. The summed E-state index contributed by atoms with van der Waals surface area (Å²) in [6.07, 6.45) is 5.42. The summed E-state index contributed by atoms with van der Waals surface area (Å²) in [6, 6.07) is 14.5. The molecule has 1 heterocycles. The van der Waals surface area contributed by atoms with Crippen molar-refractivity contribution >= 4 is 23.2 Å². The summed E-state index contributed by atoms with van der Waals surface area (Å²) in [5.41, 5.74) is 1.86. The fraction of sp³-hybridized carbons (Fsp3) is 0.111. The number of halogens is 1. The quantitative estimate of drug-likeness (QED) is 0.745. The van der Waals surface area contributed by atoms with E-state index in [9.17, 15) is 4.79 Å². The monoisotopic (exact) mass is 341 g/mol. The maximum Gasteiger partial charge on any atom is 0.262 e. The molecule has 1 aromatic heterocycles. The number of carbonyl (C=O) groups is 1. The Morgan fingerprint density at radius 3 is 2.54 bits per heavy atom. The number of rotatable bonds is 6. The van der Waals surface area contributed by atoms with Crippen molar-refractivity contribution in [3.8, 4) is 5.75 Å². The fourth-order valence-electron chi connectivity index (χ4n) is 2.16. The lowest BCUT2D eigenvalue weighted by atomic mass is 10.2. The summed E-state index contributed by atoms with van der Waals surface area (Å²) in [5.74, 6) is 0.387. The zero-order valence-electron chi connectivity index (χ0n) is 12.9. The molecule has 0 atom stereocenters. The Bertz CT molecular complexity index is 784. The van der Waals surface area contributed by atoms with Crippen LogP contribution in [0.1, 0.15) is 5.56 Å². The maximum atomic E-state index is 11.9. The zero-order valence-corrected chi connectivity index (χ0v) is 13.6. The second kappa shape index (κ2) is 7.66. The van der Waals surface area contributed by atoms with Crippen molar-refractivity contribution in [3.63, 3.8) is 0 Å². The average Bonchev–Trinajstić information content (AvgIpc) is 3.09. The van der Waals surface area contributed by atoms with Crippen molar-refractivity contribution < 1.29 is 9.53 Å². The van der Waals surface area contributed by atoms with Crippen LogP contribution < -0.4 is 10.1 Å². The van der Waals surface area contributed by atoms with Crippen LogP contribution in [0.2, 0.25) is 5.02 Å². The first-order valence-corrected chi connectivity index (χ1v) is 7.80. The van der Waals surface area contributed by atoms with E-state index in [1.54, 1.807) is 36.8 Å². The third kappa shape index (κ3) is 4.60. The Labute approximate surface area is 144 Å². The Hall–Kier alpha value is -2.79. The number of amides is 1. The Morgan fingerprint density at radius 2 is 1.88 bits per heavy atom. The van der Waals surface area contributed by atoms with Crippen LogP contribution in [0.25, 0.3) is 0 Å². The third-order valence-corrected chi connectivity index (χ3v) is 3.60. The topological polar surface area (TPSA) is 56.1 Å². The summed E-state index contributed by atoms with van der Waals surface area (Å²) in [5, 5.41) is 3.43. The van der Waals surface area contributed by atoms with E-state index in [-0.39, 0.29) is 12.5 Å². The van der Waals surface area contributed by atoms with Gasteiger partial charge in [-0.15, -0.1) is 0 Å². The number of anilines is 1. The summed E-state index contributed by atoms with van der Waals surface area (Å²) in [7, 11) is 0. The van der Waals surface area contributed by atoms with Crippen molar-refractivity contribution in [2.75, 3.05) is 11.9 Å². The number of ether oxygens (including phenoxy) is 1. The standard InChI is InChI=1S/C18H16ClN3O2/c19-15-3-7-17(8-4-15)24-12-18(23)21-16-5-1-14(2-6-16)11-22-10-9-20-13-22/h1-10,13H,11-12H2,(H,21,23). The Balaban J connectivity index is 1.49. The van der Waals surface area contributed by atoms with Gasteiger partial charge in [-0.3, -0.25) is 4.79 Å². The van der Waals surface area contributed by atoms with Crippen molar-refractivity contribution in [1.82, 2.24) is 9.55 Å². The van der Waals surface area contributed by atoms with Crippen molar-refractivity contribution in [1.29, 1.82) is 0 Å². The first-order chi connectivity index (χ1) is 11.7.